The lowest BCUT2D eigenvalue weighted by Crippen LogP contribution is -2.04. The predicted molar refractivity (Wildman–Crippen MR) is 108 cm³/mol. The molecule has 2 aromatic carbocycles. The zero-order valence-electron chi connectivity index (χ0n) is 16.6. The lowest BCUT2D eigenvalue weighted by molar-refractivity contribution is -0.385. The quantitative estimate of drug-likeness (QED) is 0.550. The van der Waals surface area contributed by atoms with Gasteiger partial charge in [-0.1, -0.05) is 6.42 Å². The number of benzene rings is 2. The molecule has 0 amide bonds. The summed E-state index contributed by atoms with van der Waals surface area (Å²) in [6.45, 7) is 0. The maximum atomic E-state index is 11.4. The summed E-state index contributed by atoms with van der Waals surface area (Å²) in [5.74, 6) is 1.33. The molecule has 0 aliphatic heterocycles. The van der Waals surface area contributed by atoms with Gasteiger partial charge in [0.25, 0.3) is 11.4 Å². The Morgan fingerprint density at radius 1 is 0.655 bits per heavy atom. The normalized spacial score (nSPS) is 14.1. The van der Waals surface area contributed by atoms with Crippen LogP contribution in [-0.2, 0) is 25.7 Å². The number of non-ortho nitro benzene ring substituents is 2. The summed E-state index contributed by atoms with van der Waals surface area (Å²) in [5, 5.41) is 22.8. The number of nitrogens with zero attached hydrogens (tertiary/aromatic N) is 2. The molecule has 0 spiro atoms. The van der Waals surface area contributed by atoms with Gasteiger partial charge in [0.2, 0.25) is 0 Å². The topological polar surface area (TPSA) is 105 Å². The molecule has 0 heterocycles. The fourth-order valence-electron chi connectivity index (χ4n) is 4.03. The van der Waals surface area contributed by atoms with Crippen molar-refractivity contribution in [1.82, 2.24) is 0 Å². The van der Waals surface area contributed by atoms with Crippen molar-refractivity contribution in [3.63, 3.8) is 0 Å². The maximum absolute atomic E-state index is 11.4. The Bertz CT molecular complexity index is 866. The van der Waals surface area contributed by atoms with Crippen molar-refractivity contribution < 1.29 is 19.3 Å². The van der Waals surface area contributed by atoms with Crippen LogP contribution in [0.25, 0.3) is 0 Å². The van der Waals surface area contributed by atoms with E-state index < -0.39 is 9.85 Å². The Labute approximate surface area is 168 Å². The first kappa shape index (κ1) is 20.6. The Morgan fingerprint density at radius 3 is 1.31 bits per heavy atom. The Morgan fingerprint density at radius 2 is 1.00 bits per heavy atom. The molecule has 2 aromatic rings. The molecule has 0 aromatic heterocycles. The Balaban J connectivity index is 2.11. The molecular formula is C21H24N2O6. The average molecular weight is 400 g/mol. The number of ether oxygens (including phenoxy) is 2. The number of fused-ring (bicyclic) bond motifs is 4. The number of nitro groups is 2. The molecule has 0 N–H and O–H groups in total. The Kier molecular flexibility index (Phi) is 6.31. The second-order valence-electron chi connectivity index (χ2n) is 7.17. The van der Waals surface area contributed by atoms with Crippen molar-refractivity contribution in [3.05, 3.63) is 66.7 Å². The third kappa shape index (κ3) is 4.47. The van der Waals surface area contributed by atoms with E-state index in [4.69, 9.17) is 9.47 Å². The molecule has 8 heteroatoms. The number of aryl methyl sites for hydroxylation is 4. The third-order valence-corrected chi connectivity index (χ3v) is 5.34. The number of methoxy groups -OCH3 is 2. The van der Waals surface area contributed by atoms with Crippen molar-refractivity contribution in [3.8, 4) is 11.5 Å². The highest BCUT2D eigenvalue weighted by Gasteiger charge is 2.21. The molecule has 1 aliphatic carbocycles. The second kappa shape index (κ2) is 8.89. The molecular weight excluding hydrogens is 376 g/mol. The second-order valence-corrected chi connectivity index (χ2v) is 7.17. The van der Waals surface area contributed by atoms with Crippen LogP contribution in [0.2, 0.25) is 0 Å². The summed E-state index contributed by atoms with van der Waals surface area (Å²) < 4.78 is 11.2. The van der Waals surface area contributed by atoms with Crippen LogP contribution in [-0.4, -0.2) is 24.1 Å². The SMILES string of the molecule is COc1c2cc([N+](=O)[O-])cc1CCc1cc([N+](=O)[O-])cc(c1OC)CCCCC2. The van der Waals surface area contributed by atoms with E-state index in [1.54, 1.807) is 26.4 Å². The summed E-state index contributed by atoms with van der Waals surface area (Å²) in [6.07, 6.45) is 4.87. The van der Waals surface area contributed by atoms with Gasteiger partial charge in [-0.2, -0.15) is 0 Å². The molecule has 3 rings (SSSR count). The van der Waals surface area contributed by atoms with E-state index in [0.717, 1.165) is 41.5 Å². The van der Waals surface area contributed by atoms with E-state index in [2.05, 4.69) is 0 Å². The molecule has 4 bridgehead atoms. The average Bonchev–Trinajstić information content (AvgIpc) is 2.70. The molecule has 154 valence electrons. The first-order valence-electron chi connectivity index (χ1n) is 9.63. The van der Waals surface area contributed by atoms with Gasteiger partial charge in [0.15, 0.2) is 0 Å². The minimum absolute atomic E-state index is 0.0392. The molecule has 1 aliphatic rings. The first-order valence-corrected chi connectivity index (χ1v) is 9.63. The highest BCUT2D eigenvalue weighted by atomic mass is 16.6. The van der Waals surface area contributed by atoms with Gasteiger partial charge < -0.3 is 9.47 Å². The molecule has 0 saturated carbocycles. The summed E-state index contributed by atoms with van der Waals surface area (Å²) in [5.41, 5.74) is 3.20. The van der Waals surface area contributed by atoms with Crippen molar-refractivity contribution in [2.75, 3.05) is 14.2 Å². The van der Waals surface area contributed by atoms with Gasteiger partial charge in [-0.25, -0.2) is 0 Å². The van der Waals surface area contributed by atoms with Crippen LogP contribution in [0.4, 0.5) is 11.4 Å². The number of rotatable bonds is 4. The molecule has 0 atom stereocenters. The van der Waals surface area contributed by atoms with Gasteiger partial charge in [-0.05, 0) is 38.5 Å². The number of hydrogen-bond donors (Lipinski definition) is 0. The summed E-state index contributed by atoms with van der Waals surface area (Å²) >= 11 is 0. The van der Waals surface area contributed by atoms with Crippen molar-refractivity contribution in [2.24, 2.45) is 0 Å². The van der Waals surface area contributed by atoms with Crippen LogP contribution in [0.5, 0.6) is 11.5 Å². The monoisotopic (exact) mass is 400 g/mol. The van der Waals surface area contributed by atoms with E-state index in [9.17, 15) is 20.2 Å². The molecule has 0 fully saturated rings. The van der Waals surface area contributed by atoms with Crippen LogP contribution in [0.1, 0.15) is 41.5 Å². The van der Waals surface area contributed by atoms with Crippen LogP contribution < -0.4 is 9.47 Å². The standard InChI is InChI=1S/C21H24N2O6/c1-28-20-14-6-4-3-5-7-15-11-19(23(26)27)13-17(21(15)29-2)9-8-16(20)12-18(10-14)22(24)25/h10-13H,3-9H2,1-2H3. The van der Waals surface area contributed by atoms with Gasteiger partial charge in [0.05, 0.1) is 24.1 Å². The largest absolute Gasteiger partial charge is 0.496 e. The van der Waals surface area contributed by atoms with Gasteiger partial charge >= 0.3 is 0 Å². The molecule has 29 heavy (non-hydrogen) atoms. The van der Waals surface area contributed by atoms with E-state index in [1.165, 1.54) is 12.1 Å². The zero-order valence-corrected chi connectivity index (χ0v) is 16.6. The van der Waals surface area contributed by atoms with Gasteiger partial charge in [-0.15, -0.1) is 0 Å². The third-order valence-electron chi connectivity index (χ3n) is 5.34. The van der Waals surface area contributed by atoms with E-state index in [-0.39, 0.29) is 11.4 Å². The summed E-state index contributed by atoms with van der Waals surface area (Å²) in [6, 6.07) is 6.25. The van der Waals surface area contributed by atoms with Gasteiger partial charge in [0.1, 0.15) is 11.5 Å². The summed E-state index contributed by atoms with van der Waals surface area (Å²) in [4.78, 5) is 22.0. The summed E-state index contributed by atoms with van der Waals surface area (Å²) in [7, 11) is 3.14. The van der Waals surface area contributed by atoms with Crippen molar-refractivity contribution >= 4 is 11.4 Å². The Hall–Kier alpha value is -3.16. The van der Waals surface area contributed by atoms with Crippen LogP contribution >= 0.6 is 0 Å². The van der Waals surface area contributed by atoms with E-state index in [1.807, 2.05) is 0 Å². The van der Waals surface area contributed by atoms with Gasteiger partial charge in [-0.3, -0.25) is 20.2 Å². The minimum atomic E-state index is -0.392. The molecule has 0 saturated heterocycles. The lowest BCUT2D eigenvalue weighted by Gasteiger charge is -2.15. The minimum Gasteiger partial charge on any atom is -0.496 e. The van der Waals surface area contributed by atoms with Crippen LogP contribution in [0.3, 0.4) is 0 Å². The van der Waals surface area contributed by atoms with Crippen molar-refractivity contribution in [2.45, 2.75) is 44.9 Å². The maximum Gasteiger partial charge on any atom is 0.270 e. The number of hydrogen-bond acceptors (Lipinski definition) is 6. The molecule has 8 nitrogen and oxygen atoms in total. The highest BCUT2D eigenvalue weighted by molar-refractivity contribution is 5.53. The predicted octanol–water partition coefficient (Wildman–Crippen LogP) is 4.57. The smallest absolute Gasteiger partial charge is 0.270 e. The highest BCUT2D eigenvalue weighted by Crippen LogP contribution is 2.35. The first-order chi connectivity index (χ1) is 13.9. The fourth-order valence-corrected chi connectivity index (χ4v) is 4.03. The zero-order chi connectivity index (χ0) is 21.0. The van der Waals surface area contributed by atoms with E-state index in [0.29, 0.717) is 37.2 Å². The van der Waals surface area contributed by atoms with E-state index >= 15 is 0 Å². The lowest BCUT2D eigenvalue weighted by atomic mass is 9.96. The van der Waals surface area contributed by atoms with Gasteiger partial charge in [0, 0.05) is 46.5 Å². The van der Waals surface area contributed by atoms with Crippen molar-refractivity contribution in [1.29, 1.82) is 0 Å². The van der Waals surface area contributed by atoms with Crippen LogP contribution in [0, 0.1) is 20.2 Å². The number of nitro benzene ring substituents is 2. The molecule has 0 unspecified atom stereocenters. The fraction of sp³-hybridized carbons (Fsp3) is 0.429. The van der Waals surface area contributed by atoms with Crippen LogP contribution in [0.15, 0.2) is 24.3 Å². The molecule has 0 radical (unpaired) electrons.